The molecule has 3 aromatic rings. The summed E-state index contributed by atoms with van der Waals surface area (Å²) in [5.41, 5.74) is 4.02. The molecule has 2 aromatic carbocycles. The zero-order valence-electron chi connectivity index (χ0n) is 18.3. The molecule has 0 unspecified atom stereocenters. The lowest BCUT2D eigenvalue weighted by Crippen LogP contribution is -2.41. The van der Waals surface area contributed by atoms with Gasteiger partial charge in [-0.3, -0.25) is 4.79 Å². The van der Waals surface area contributed by atoms with Crippen LogP contribution in [0.2, 0.25) is 0 Å². The van der Waals surface area contributed by atoms with Gasteiger partial charge in [0.15, 0.2) is 5.13 Å². The van der Waals surface area contributed by atoms with Crippen molar-refractivity contribution >= 4 is 32.4 Å². The van der Waals surface area contributed by atoms with Crippen molar-refractivity contribution in [3.05, 3.63) is 59.0 Å². The van der Waals surface area contributed by atoms with Gasteiger partial charge in [-0.1, -0.05) is 17.7 Å². The first-order valence-electron chi connectivity index (χ1n) is 11.0. The van der Waals surface area contributed by atoms with Crippen molar-refractivity contribution in [3.8, 4) is 17.0 Å². The molecule has 0 atom stereocenters. The molecule has 0 spiro atoms. The summed E-state index contributed by atoms with van der Waals surface area (Å²) in [7, 11) is -3.54. The van der Waals surface area contributed by atoms with Crippen LogP contribution in [0.5, 0.6) is 5.75 Å². The molecule has 2 aliphatic heterocycles. The highest BCUT2D eigenvalue weighted by molar-refractivity contribution is 7.89. The Hall–Kier alpha value is -2.75. The monoisotopic (exact) mass is 483 g/mol. The molecule has 0 saturated carbocycles. The lowest BCUT2D eigenvalue weighted by Gasteiger charge is -2.30. The molecule has 33 heavy (non-hydrogen) atoms. The number of rotatable bonds is 5. The molecule has 3 heterocycles. The van der Waals surface area contributed by atoms with Crippen molar-refractivity contribution < 1.29 is 17.9 Å². The molecule has 0 aliphatic carbocycles. The van der Waals surface area contributed by atoms with Gasteiger partial charge in [0.25, 0.3) is 0 Å². The summed E-state index contributed by atoms with van der Waals surface area (Å²) in [6.45, 7) is 3.29. The van der Waals surface area contributed by atoms with E-state index in [0.717, 1.165) is 29.0 Å². The Morgan fingerprint density at radius 2 is 1.91 bits per heavy atom. The van der Waals surface area contributed by atoms with E-state index in [1.165, 1.54) is 21.2 Å². The summed E-state index contributed by atoms with van der Waals surface area (Å²) in [6.07, 6.45) is 1.87. The molecular formula is C24H25N3O4S2. The van der Waals surface area contributed by atoms with Gasteiger partial charge in [0.1, 0.15) is 5.75 Å². The minimum atomic E-state index is -3.54. The van der Waals surface area contributed by atoms with E-state index < -0.39 is 10.0 Å². The molecule has 0 bridgehead atoms. The van der Waals surface area contributed by atoms with Crippen LogP contribution in [-0.2, 0) is 21.2 Å². The Morgan fingerprint density at radius 3 is 2.67 bits per heavy atom. The molecule has 7 nitrogen and oxygen atoms in total. The Morgan fingerprint density at radius 1 is 1.15 bits per heavy atom. The van der Waals surface area contributed by atoms with Crippen molar-refractivity contribution in [2.24, 2.45) is 5.92 Å². The van der Waals surface area contributed by atoms with Crippen LogP contribution in [0.15, 0.2) is 52.7 Å². The fraction of sp³-hybridized carbons (Fsp3) is 0.333. The third-order valence-electron chi connectivity index (χ3n) is 6.20. The quantitative estimate of drug-likeness (QED) is 0.590. The van der Waals surface area contributed by atoms with Crippen LogP contribution in [0, 0.1) is 12.8 Å². The number of nitrogens with one attached hydrogen (secondary N) is 1. The largest absolute Gasteiger partial charge is 0.493 e. The van der Waals surface area contributed by atoms with E-state index in [2.05, 4.69) is 16.4 Å². The number of aromatic nitrogens is 1. The fourth-order valence-electron chi connectivity index (χ4n) is 4.23. The van der Waals surface area contributed by atoms with Gasteiger partial charge >= 0.3 is 0 Å². The van der Waals surface area contributed by atoms with Crippen molar-refractivity contribution in [3.63, 3.8) is 0 Å². The van der Waals surface area contributed by atoms with Gasteiger partial charge in [-0.15, -0.1) is 11.3 Å². The molecule has 1 amide bonds. The molecule has 5 rings (SSSR count). The number of amides is 1. The van der Waals surface area contributed by atoms with Gasteiger partial charge < -0.3 is 10.1 Å². The average molecular weight is 484 g/mol. The summed E-state index contributed by atoms with van der Waals surface area (Å²) < 4.78 is 32.8. The number of fused-ring (bicyclic) bond motifs is 1. The molecule has 2 aliphatic rings. The zero-order valence-corrected chi connectivity index (χ0v) is 19.9. The van der Waals surface area contributed by atoms with Crippen LogP contribution in [-0.4, -0.2) is 43.3 Å². The molecule has 1 fully saturated rings. The summed E-state index contributed by atoms with van der Waals surface area (Å²) >= 11 is 1.39. The van der Waals surface area contributed by atoms with Gasteiger partial charge in [-0.05, 0) is 55.7 Å². The van der Waals surface area contributed by atoms with Crippen LogP contribution in [0.3, 0.4) is 0 Å². The second-order valence-corrected chi connectivity index (χ2v) is 11.2. The van der Waals surface area contributed by atoms with Crippen molar-refractivity contribution in [1.82, 2.24) is 9.29 Å². The number of hydrogen-bond acceptors (Lipinski definition) is 6. The third-order valence-corrected chi connectivity index (χ3v) is 8.87. The Kier molecular flexibility index (Phi) is 5.94. The first kappa shape index (κ1) is 22.1. The van der Waals surface area contributed by atoms with Crippen LogP contribution >= 0.6 is 11.3 Å². The zero-order chi connectivity index (χ0) is 23.0. The Labute approximate surface area is 197 Å². The van der Waals surface area contributed by atoms with Crippen LogP contribution in [0.4, 0.5) is 5.13 Å². The van der Waals surface area contributed by atoms with E-state index in [-0.39, 0.29) is 11.8 Å². The molecule has 1 aromatic heterocycles. The summed E-state index contributed by atoms with van der Waals surface area (Å²) in [4.78, 5) is 17.7. The standard InChI is InChI=1S/C24H25N3O4S2/c1-16-2-5-20(6-3-16)33(29,30)27-11-8-17(9-12-27)23(28)26-24-25-21(15-32-24)18-4-7-22-19(14-18)10-13-31-22/h2-7,14-15,17H,8-13H2,1H3,(H,25,26,28). The summed E-state index contributed by atoms with van der Waals surface area (Å²) in [6, 6.07) is 12.9. The van der Waals surface area contributed by atoms with E-state index in [1.54, 1.807) is 24.3 Å². The predicted molar refractivity (Wildman–Crippen MR) is 128 cm³/mol. The first-order valence-corrected chi connectivity index (χ1v) is 13.3. The second-order valence-electron chi connectivity index (χ2n) is 8.44. The highest BCUT2D eigenvalue weighted by atomic mass is 32.2. The van der Waals surface area contributed by atoms with Gasteiger partial charge in [0.2, 0.25) is 15.9 Å². The number of carbonyl (C=O) groups excluding carboxylic acids is 1. The molecular weight excluding hydrogens is 458 g/mol. The normalized spacial score (nSPS) is 16.9. The van der Waals surface area contributed by atoms with Crippen molar-refractivity contribution in [1.29, 1.82) is 0 Å². The molecule has 172 valence electrons. The van der Waals surface area contributed by atoms with Gasteiger partial charge in [0, 0.05) is 36.4 Å². The predicted octanol–water partition coefficient (Wildman–Crippen LogP) is 4.09. The van der Waals surface area contributed by atoms with Gasteiger partial charge in [-0.25, -0.2) is 13.4 Å². The number of benzene rings is 2. The van der Waals surface area contributed by atoms with Crippen LogP contribution in [0.1, 0.15) is 24.0 Å². The molecule has 1 N–H and O–H groups in total. The molecule has 0 radical (unpaired) electrons. The van der Waals surface area contributed by atoms with Crippen LogP contribution < -0.4 is 10.1 Å². The summed E-state index contributed by atoms with van der Waals surface area (Å²) in [5.74, 6) is 0.586. The minimum absolute atomic E-state index is 0.106. The fourth-order valence-corrected chi connectivity index (χ4v) is 6.43. The lowest BCUT2D eigenvalue weighted by atomic mass is 9.97. The number of carbonyl (C=O) groups is 1. The van der Waals surface area contributed by atoms with Crippen molar-refractivity contribution in [2.45, 2.75) is 31.1 Å². The number of sulfonamides is 1. The number of aryl methyl sites for hydroxylation is 1. The van der Waals surface area contributed by atoms with Crippen molar-refractivity contribution in [2.75, 3.05) is 25.0 Å². The Bertz CT molecular complexity index is 1280. The number of piperidine rings is 1. The topological polar surface area (TPSA) is 88.6 Å². The van der Waals surface area contributed by atoms with Gasteiger partial charge in [0.05, 0.1) is 17.2 Å². The maximum atomic E-state index is 12.9. The van der Waals surface area contributed by atoms with E-state index >= 15 is 0 Å². The molecule has 1 saturated heterocycles. The smallest absolute Gasteiger partial charge is 0.243 e. The highest BCUT2D eigenvalue weighted by Gasteiger charge is 2.32. The van der Waals surface area contributed by atoms with E-state index in [4.69, 9.17) is 4.74 Å². The van der Waals surface area contributed by atoms with Gasteiger partial charge in [-0.2, -0.15) is 4.31 Å². The SMILES string of the molecule is Cc1ccc(S(=O)(=O)N2CCC(C(=O)Nc3nc(-c4ccc5c(c4)CCO5)cs3)CC2)cc1. The molecule has 9 heteroatoms. The number of ether oxygens (including phenoxy) is 1. The first-order chi connectivity index (χ1) is 15.9. The number of hydrogen-bond donors (Lipinski definition) is 1. The Balaban J connectivity index is 1.19. The maximum Gasteiger partial charge on any atom is 0.243 e. The van der Waals surface area contributed by atoms with E-state index in [9.17, 15) is 13.2 Å². The second kappa shape index (κ2) is 8.89. The maximum absolute atomic E-state index is 12.9. The number of anilines is 1. The van der Waals surface area contributed by atoms with Crippen LogP contribution in [0.25, 0.3) is 11.3 Å². The lowest BCUT2D eigenvalue weighted by molar-refractivity contribution is -0.120. The highest BCUT2D eigenvalue weighted by Crippen LogP contribution is 2.32. The average Bonchev–Trinajstić information content (AvgIpc) is 3.48. The van der Waals surface area contributed by atoms with E-state index in [1.807, 2.05) is 24.4 Å². The number of nitrogens with zero attached hydrogens (tertiary/aromatic N) is 2. The van der Waals surface area contributed by atoms with E-state index in [0.29, 0.717) is 42.6 Å². The third kappa shape index (κ3) is 4.53. The minimum Gasteiger partial charge on any atom is -0.493 e. The number of thiazole rings is 1. The summed E-state index contributed by atoms with van der Waals surface area (Å²) in [5, 5.41) is 5.41.